The molecular formula is C15H18F2O2. The number of rotatable bonds is 2. The third kappa shape index (κ3) is 2.34. The summed E-state index contributed by atoms with van der Waals surface area (Å²) in [6.07, 6.45) is 5.79. The standard InChI is InChI=1S/C15H18F2O2/c16-14-11(5-6-12(18)15(14)17)10-4-7-13(19-8-10)9-2-1-3-9/h5-6,9-10,13,18H,1-4,7-8H2. The van der Waals surface area contributed by atoms with Gasteiger partial charge in [0.15, 0.2) is 11.6 Å². The smallest absolute Gasteiger partial charge is 0.200 e. The Bertz CT molecular complexity index is 463. The van der Waals surface area contributed by atoms with Crippen molar-refractivity contribution in [3.8, 4) is 5.75 Å². The van der Waals surface area contributed by atoms with Crippen LogP contribution < -0.4 is 0 Å². The maximum Gasteiger partial charge on any atom is 0.200 e. The molecule has 1 aromatic rings. The number of phenols is 1. The summed E-state index contributed by atoms with van der Waals surface area (Å²) in [7, 11) is 0. The molecule has 1 aliphatic heterocycles. The minimum Gasteiger partial charge on any atom is -0.505 e. The van der Waals surface area contributed by atoms with Crippen LogP contribution in [0.5, 0.6) is 5.75 Å². The lowest BCUT2D eigenvalue weighted by molar-refractivity contribution is -0.0518. The molecule has 19 heavy (non-hydrogen) atoms. The van der Waals surface area contributed by atoms with Crippen molar-refractivity contribution in [2.75, 3.05) is 6.61 Å². The second kappa shape index (κ2) is 5.08. The fourth-order valence-electron chi connectivity index (χ4n) is 3.07. The van der Waals surface area contributed by atoms with Gasteiger partial charge in [0.1, 0.15) is 0 Å². The summed E-state index contributed by atoms with van der Waals surface area (Å²) in [5.74, 6) is -2.16. The molecule has 4 heteroatoms. The highest BCUT2D eigenvalue weighted by Crippen LogP contribution is 2.39. The first-order valence-electron chi connectivity index (χ1n) is 6.95. The summed E-state index contributed by atoms with van der Waals surface area (Å²) in [5, 5.41) is 9.13. The normalized spacial score (nSPS) is 28.1. The first kappa shape index (κ1) is 12.9. The van der Waals surface area contributed by atoms with Gasteiger partial charge in [-0.3, -0.25) is 0 Å². The maximum absolute atomic E-state index is 13.8. The van der Waals surface area contributed by atoms with Crippen molar-refractivity contribution < 1.29 is 18.6 Å². The quantitative estimate of drug-likeness (QED) is 0.885. The topological polar surface area (TPSA) is 29.5 Å². The number of hydrogen-bond acceptors (Lipinski definition) is 2. The van der Waals surface area contributed by atoms with Gasteiger partial charge in [0.05, 0.1) is 12.7 Å². The Labute approximate surface area is 111 Å². The van der Waals surface area contributed by atoms with Gasteiger partial charge >= 0.3 is 0 Å². The fourth-order valence-corrected chi connectivity index (χ4v) is 3.07. The number of aromatic hydroxyl groups is 1. The van der Waals surface area contributed by atoms with Crippen LogP contribution in [0.2, 0.25) is 0 Å². The summed E-state index contributed by atoms with van der Waals surface area (Å²) in [6, 6.07) is 2.68. The van der Waals surface area contributed by atoms with Gasteiger partial charge in [-0.05, 0) is 43.2 Å². The first-order valence-corrected chi connectivity index (χ1v) is 6.95. The minimum atomic E-state index is -1.15. The number of halogens is 2. The monoisotopic (exact) mass is 268 g/mol. The van der Waals surface area contributed by atoms with E-state index in [0.29, 0.717) is 24.2 Å². The van der Waals surface area contributed by atoms with Crippen molar-refractivity contribution in [1.82, 2.24) is 0 Å². The molecule has 2 unspecified atom stereocenters. The van der Waals surface area contributed by atoms with Crippen molar-refractivity contribution in [3.63, 3.8) is 0 Å². The van der Waals surface area contributed by atoms with E-state index >= 15 is 0 Å². The average Bonchev–Trinajstić information content (AvgIpc) is 2.36. The molecule has 2 nitrogen and oxygen atoms in total. The van der Waals surface area contributed by atoms with E-state index in [2.05, 4.69) is 0 Å². The van der Waals surface area contributed by atoms with Gasteiger partial charge in [0.25, 0.3) is 0 Å². The van der Waals surface area contributed by atoms with Gasteiger partial charge in [-0.2, -0.15) is 4.39 Å². The van der Waals surface area contributed by atoms with Gasteiger partial charge in [-0.1, -0.05) is 12.5 Å². The highest BCUT2D eigenvalue weighted by Gasteiger charge is 2.33. The molecule has 1 N–H and O–H groups in total. The number of phenolic OH excluding ortho intramolecular Hbond substituents is 1. The van der Waals surface area contributed by atoms with E-state index in [1.165, 1.54) is 31.4 Å². The lowest BCUT2D eigenvalue weighted by atomic mass is 9.77. The summed E-state index contributed by atoms with van der Waals surface area (Å²) >= 11 is 0. The summed E-state index contributed by atoms with van der Waals surface area (Å²) < 4.78 is 33.0. The third-order valence-corrected chi connectivity index (χ3v) is 4.52. The lowest BCUT2D eigenvalue weighted by Crippen LogP contribution is -2.34. The van der Waals surface area contributed by atoms with Gasteiger partial charge in [-0.25, -0.2) is 4.39 Å². The van der Waals surface area contributed by atoms with Crippen LogP contribution in [0.25, 0.3) is 0 Å². The third-order valence-electron chi connectivity index (χ3n) is 4.52. The molecule has 1 aliphatic carbocycles. The predicted molar refractivity (Wildman–Crippen MR) is 67.1 cm³/mol. The summed E-state index contributed by atoms with van der Waals surface area (Å²) in [5.41, 5.74) is 0.322. The van der Waals surface area contributed by atoms with Crippen LogP contribution in [0, 0.1) is 17.6 Å². The SMILES string of the molecule is Oc1ccc(C2CCC(C3CCC3)OC2)c(F)c1F. The zero-order chi connectivity index (χ0) is 13.4. The van der Waals surface area contributed by atoms with Crippen LogP contribution in [0.15, 0.2) is 12.1 Å². The van der Waals surface area contributed by atoms with E-state index in [9.17, 15) is 8.78 Å². The van der Waals surface area contributed by atoms with E-state index in [1.807, 2.05) is 0 Å². The highest BCUT2D eigenvalue weighted by molar-refractivity contribution is 5.32. The van der Waals surface area contributed by atoms with Crippen molar-refractivity contribution in [3.05, 3.63) is 29.3 Å². The first-order chi connectivity index (χ1) is 9.16. The molecule has 0 radical (unpaired) electrons. The Hall–Kier alpha value is -1.16. The zero-order valence-corrected chi connectivity index (χ0v) is 10.7. The predicted octanol–water partition coefficient (Wildman–Crippen LogP) is 3.73. The number of hydrogen-bond donors (Lipinski definition) is 1. The van der Waals surface area contributed by atoms with Crippen molar-refractivity contribution in [2.24, 2.45) is 5.92 Å². The average molecular weight is 268 g/mol. The van der Waals surface area contributed by atoms with E-state index in [4.69, 9.17) is 9.84 Å². The fraction of sp³-hybridized carbons (Fsp3) is 0.600. The molecule has 0 bridgehead atoms. The molecular weight excluding hydrogens is 250 g/mol. The molecule has 0 aromatic heterocycles. The zero-order valence-electron chi connectivity index (χ0n) is 10.7. The number of benzene rings is 1. The van der Waals surface area contributed by atoms with Crippen LogP contribution in [-0.4, -0.2) is 17.8 Å². The van der Waals surface area contributed by atoms with Crippen LogP contribution in [0.1, 0.15) is 43.6 Å². The van der Waals surface area contributed by atoms with Gasteiger partial charge in [-0.15, -0.1) is 0 Å². The number of ether oxygens (including phenoxy) is 1. The van der Waals surface area contributed by atoms with Crippen LogP contribution in [0.3, 0.4) is 0 Å². The molecule has 1 aromatic carbocycles. The molecule has 3 rings (SSSR count). The lowest BCUT2D eigenvalue weighted by Gasteiger charge is -2.38. The van der Waals surface area contributed by atoms with Crippen molar-refractivity contribution in [2.45, 2.75) is 44.1 Å². The van der Waals surface area contributed by atoms with Gasteiger partial charge in [0, 0.05) is 5.92 Å². The second-order valence-electron chi connectivity index (χ2n) is 5.64. The summed E-state index contributed by atoms with van der Waals surface area (Å²) in [6.45, 7) is 0.447. The molecule has 1 heterocycles. The van der Waals surface area contributed by atoms with Gasteiger partial charge < -0.3 is 9.84 Å². The molecule has 104 valence electrons. The molecule has 0 spiro atoms. The second-order valence-corrected chi connectivity index (χ2v) is 5.64. The largest absolute Gasteiger partial charge is 0.505 e. The molecule has 2 atom stereocenters. The molecule has 2 aliphatic rings. The van der Waals surface area contributed by atoms with Gasteiger partial charge in [0.2, 0.25) is 5.82 Å². The Balaban J connectivity index is 1.69. The Morgan fingerprint density at radius 3 is 2.42 bits per heavy atom. The van der Waals surface area contributed by atoms with Crippen LogP contribution >= 0.6 is 0 Å². The molecule has 1 saturated heterocycles. The molecule has 2 fully saturated rings. The van der Waals surface area contributed by atoms with Crippen molar-refractivity contribution in [1.29, 1.82) is 0 Å². The highest BCUT2D eigenvalue weighted by atomic mass is 19.2. The van der Waals surface area contributed by atoms with Crippen LogP contribution in [-0.2, 0) is 4.74 Å². The Kier molecular flexibility index (Phi) is 3.44. The van der Waals surface area contributed by atoms with Crippen LogP contribution in [0.4, 0.5) is 8.78 Å². The molecule has 1 saturated carbocycles. The van der Waals surface area contributed by atoms with Crippen molar-refractivity contribution >= 4 is 0 Å². The van der Waals surface area contributed by atoms with E-state index in [1.54, 1.807) is 0 Å². The van der Waals surface area contributed by atoms with E-state index < -0.39 is 17.4 Å². The Morgan fingerprint density at radius 1 is 1.05 bits per heavy atom. The molecule has 0 amide bonds. The Morgan fingerprint density at radius 2 is 1.84 bits per heavy atom. The van der Waals surface area contributed by atoms with E-state index in [-0.39, 0.29) is 5.92 Å². The van der Waals surface area contributed by atoms with E-state index in [0.717, 1.165) is 12.8 Å². The minimum absolute atomic E-state index is 0.105. The summed E-state index contributed by atoms with van der Waals surface area (Å²) in [4.78, 5) is 0. The maximum atomic E-state index is 13.8.